The Morgan fingerprint density at radius 1 is 1.42 bits per heavy atom. The third kappa shape index (κ3) is 4.93. The second-order valence-corrected chi connectivity index (χ2v) is 5.92. The van der Waals surface area contributed by atoms with Crippen molar-refractivity contribution in [2.75, 3.05) is 26.2 Å². The number of nitrogens with zero attached hydrogens (tertiary/aromatic N) is 3. The van der Waals surface area contributed by atoms with Gasteiger partial charge in [0, 0.05) is 24.7 Å². The largest absolute Gasteiger partial charge is 0.357 e. The van der Waals surface area contributed by atoms with Gasteiger partial charge in [0.1, 0.15) is 5.82 Å². The average Bonchev–Trinajstić information content (AvgIpc) is 3.05. The smallest absolute Gasteiger partial charge is 0.191 e. The Kier molecular flexibility index (Phi) is 7.01. The molecule has 1 aliphatic rings. The fraction of sp³-hybridized carbons (Fsp3) is 0.556. The van der Waals surface area contributed by atoms with E-state index >= 15 is 0 Å². The number of hydrogen-bond donors (Lipinski definition) is 2. The van der Waals surface area contributed by atoms with Crippen LogP contribution in [0.4, 0.5) is 4.39 Å². The molecular weight excluding hydrogens is 305 g/mol. The van der Waals surface area contributed by atoms with Crippen LogP contribution < -0.4 is 10.6 Å². The van der Waals surface area contributed by atoms with Crippen molar-refractivity contribution in [1.82, 2.24) is 15.5 Å². The Morgan fingerprint density at radius 2 is 2.25 bits per heavy atom. The molecule has 1 aliphatic heterocycles. The maximum atomic E-state index is 13.9. The van der Waals surface area contributed by atoms with E-state index < -0.39 is 0 Å². The first-order valence-electron chi connectivity index (χ1n) is 8.62. The van der Waals surface area contributed by atoms with Crippen LogP contribution in [0.1, 0.15) is 37.8 Å². The first kappa shape index (κ1) is 18.2. The van der Waals surface area contributed by atoms with E-state index in [1.165, 1.54) is 18.9 Å². The minimum Gasteiger partial charge on any atom is -0.357 e. The van der Waals surface area contributed by atoms with Crippen molar-refractivity contribution in [1.29, 1.82) is 5.26 Å². The minimum absolute atomic E-state index is 0.245. The number of nitriles is 1. The molecule has 1 unspecified atom stereocenters. The highest BCUT2D eigenvalue weighted by Gasteiger charge is 2.22. The molecule has 1 atom stereocenters. The van der Waals surface area contributed by atoms with E-state index in [2.05, 4.69) is 27.4 Å². The zero-order valence-corrected chi connectivity index (χ0v) is 14.5. The van der Waals surface area contributed by atoms with E-state index in [9.17, 15) is 4.39 Å². The van der Waals surface area contributed by atoms with Gasteiger partial charge in [-0.05, 0) is 45.0 Å². The number of hydrogen-bond acceptors (Lipinski definition) is 3. The summed E-state index contributed by atoms with van der Waals surface area (Å²) in [6, 6.07) is 6.96. The molecule has 0 saturated carbocycles. The van der Waals surface area contributed by atoms with Crippen LogP contribution in [0.5, 0.6) is 0 Å². The molecule has 24 heavy (non-hydrogen) atoms. The lowest BCUT2D eigenvalue weighted by molar-refractivity contribution is 0.267. The van der Waals surface area contributed by atoms with Crippen LogP contribution in [0.25, 0.3) is 0 Å². The summed E-state index contributed by atoms with van der Waals surface area (Å²) in [7, 11) is 0. The number of likely N-dealkylation sites (N-methyl/N-ethyl adjacent to an activating group) is 1. The molecule has 1 aromatic carbocycles. The van der Waals surface area contributed by atoms with Crippen LogP contribution in [0.2, 0.25) is 0 Å². The monoisotopic (exact) mass is 331 g/mol. The highest BCUT2D eigenvalue weighted by atomic mass is 19.1. The molecule has 0 aliphatic carbocycles. The van der Waals surface area contributed by atoms with Crippen LogP contribution >= 0.6 is 0 Å². The van der Waals surface area contributed by atoms with Crippen molar-refractivity contribution >= 4 is 5.96 Å². The first-order chi connectivity index (χ1) is 11.7. The molecule has 1 saturated heterocycles. The van der Waals surface area contributed by atoms with E-state index in [1.54, 1.807) is 12.1 Å². The van der Waals surface area contributed by atoms with E-state index in [4.69, 9.17) is 5.26 Å². The van der Waals surface area contributed by atoms with E-state index in [0.29, 0.717) is 23.1 Å². The van der Waals surface area contributed by atoms with E-state index in [0.717, 1.165) is 26.2 Å². The molecule has 0 bridgehead atoms. The predicted molar refractivity (Wildman–Crippen MR) is 94.2 cm³/mol. The molecule has 1 heterocycles. The van der Waals surface area contributed by atoms with Crippen LogP contribution in [0.3, 0.4) is 0 Å². The highest BCUT2D eigenvalue weighted by molar-refractivity contribution is 5.79. The Labute approximate surface area is 143 Å². The summed E-state index contributed by atoms with van der Waals surface area (Å²) >= 11 is 0. The number of likely N-dealkylation sites (tertiary alicyclic amines) is 1. The number of aliphatic imine (C=N–C) groups is 1. The lowest BCUT2D eigenvalue weighted by Crippen LogP contribution is -2.44. The fourth-order valence-electron chi connectivity index (χ4n) is 3.01. The Balaban J connectivity index is 1.96. The van der Waals surface area contributed by atoms with Crippen molar-refractivity contribution < 1.29 is 4.39 Å². The van der Waals surface area contributed by atoms with Crippen LogP contribution in [0, 0.1) is 17.1 Å². The van der Waals surface area contributed by atoms with Gasteiger partial charge < -0.3 is 10.6 Å². The topological polar surface area (TPSA) is 63.5 Å². The van der Waals surface area contributed by atoms with Crippen LogP contribution in [0.15, 0.2) is 23.2 Å². The summed E-state index contributed by atoms with van der Waals surface area (Å²) in [6.45, 7) is 8.26. The fourth-order valence-corrected chi connectivity index (χ4v) is 3.01. The molecule has 0 radical (unpaired) electrons. The standard InChI is InChI=1S/C18H26FN5/c1-3-21-18(23-13-16-6-5-9-24(16)4-2)22-12-15-8-7-14(11-20)10-17(15)19/h7-8,10,16H,3-6,9,12-13H2,1-2H3,(H2,21,22,23). The van der Waals surface area contributed by atoms with Gasteiger partial charge in [0.25, 0.3) is 0 Å². The first-order valence-corrected chi connectivity index (χ1v) is 8.62. The third-order valence-electron chi connectivity index (χ3n) is 4.34. The zero-order valence-electron chi connectivity index (χ0n) is 14.5. The van der Waals surface area contributed by atoms with Crippen molar-refractivity contribution in [2.45, 2.75) is 39.3 Å². The quantitative estimate of drug-likeness (QED) is 0.620. The van der Waals surface area contributed by atoms with Crippen molar-refractivity contribution in [3.05, 3.63) is 35.1 Å². The lowest BCUT2D eigenvalue weighted by Gasteiger charge is -2.24. The summed E-state index contributed by atoms with van der Waals surface area (Å²) < 4.78 is 13.9. The van der Waals surface area contributed by atoms with Gasteiger partial charge in [-0.25, -0.2) is 9.38 Å². The second-order valence-electron chi connectivity index (χ2n) is 5.92. The molecule has 1 fully saturated rings. The molecule has 2 N–H and O–H groups in total. The van der Waals surface area contributed by atoms with Gasteiger partial charge in [-0.15, -0.1) is 0 Å². The van der Waals surface area contributed by atoms with Crippen LogP contribution in [-0.2, 0) is 6.54 Å². The normalized spacial score (nSPS) is 18.4. The lowest BCUT2D eigenvalue weighted by atomic mass is 10.1. The van der Waals surface area contributed by atoms with Crippen molar-refractivity contribution in [3.63, 3.8) is 0 Å². The van der Waals surface area contributed by atoms with Crippen molar-refractivity contribution in [2.24, 2.45) is 4.99 Å². The number of guanidine groups is 1. The Hall–Kier alpha value is -2.13. The maximum absolute atomic E-state index is 13.9. The maximum Gasteiger partial charge on any atom is 0.191 e. The van der Waals surface area contributed by atoms with Crippen molar-refractivity contribution in [3.8, 4) is 6.07 Å². The molecule has 6 heteroatoms. The summed E-state index contributed by atoms with van der Waals surface area (Å²) in [5, 5.41) is 15.3. The van der Waals surface area contributed by atoms with Gasteiger partial charge in [-0.2, -0.15) is 5.26 Å². The molecule has 130 valence electrons. The van der Waals surface area contributed by atoms with Gasteiger partial charge in [0.2, 0.25) is 0 Å². The van der Waals surface area contributed by atoms with E-state index in [1.807, 2.05) is 13.0 Å². The highest BCUT2D eigenvalue weighted by Crippen LogP contribution is 2.15. The average molecular weight is 331 g/mol. The van der Waals surface area contributed by atoms with E-state index in [-0.39, 0.29) is 12.4 Å². The zero-order chi connectivity index (χ0) is 17.4. The minimum atomic E-state index is -0.387. The summed E-state index contributed by atoms with van der Waals surface area (Å²) in [5.74, 6) is 0.311. The van der Waals surface area contributed by atoms with Crippen LogP contribution in [-0.4, -0.2) is 43.1 Å². The summed E-state index contributed by atoms with van der Waals surface area (Å²) in [6.07, 6.45) is 2.44. The second kappa shape index (κ2) is 9.24. The Bertz CT molecular complexity index is 608. The summed E-state index contributed by atoms with van der Waals surface area (Å²) in [4.78, 5) is 6.93. The van der Waals surface area contributed by atoms with Gasteiger partial charge in [0.05, 0.1) is 18.2 Å². The molecular formula is C18H26FN5. The molecule has 1 aromatic rings. The molecule has 0 amide bonds. The summed E-state index contributed by atoms with van der Waals surface area (Å²) in [5.41, 5.74) is 0.813. The van der Waals surface area contributed by atoms with Gasteiger partial charge in [-0.1, -0.05) is 13.0 Å². The van der Waals surface area contributed by atoms with Gasteiger partial charge in [0.15, 0.2) is 5.96 Å². The Morgan fingerprint density at radius 3 is 2.92 bits per heavy atom. The molecule has 0 spiro atoms. The predicted octanol–water partition coefficient (Wildman–Crippen LogP) is 2.24. The number of benzene rings is 1. The number of halogens is 1. The van der Waals surface area contributed by atoms with Gasteiger partial charge in [-0.3, -0.25) is 4.90 Å². The SMILES string of the molecule is CCNC(=NCc1ccc(C#N)cc1F)NCC1CCCN1CC. The molecule has 2 rings (SSSR count). The third-order valence-corrected chi connectivity index (χ3v) is 4.34. The molecule has 5 nitrogen and oxygen atoms in total. The number of nitrogens with one attached hydrogen (secondary N) is 2. The number of rotatable bonds is 6. The molecule has 0 aromatic heterocycles. The van der Waals surface area contributed by atoms with Gasteiger partial charge >= 0.3 is 0 Å².